The second-order valence-corrected chi connectivity index (χ2v) is 4.55. The van der Waals surface area contributed by atoms with Gasteiger partial charge in [0, 0.05) is 11.6 Å². The lowest BCUT2D eigenvalue weighted by atomic mass is 9.91. The molecule has 0 aromatic carbocycles. The highest BCUT2D eigenvalue weighted by molar-refractivity contribution is 4.86. The van der Waals surface area contributed by atoms with Crippen molar-refractivity contribution in [3.05, 3.63) is 0 Å². The SMILES string of the molecule is CCC(C)(CO)NC1CCCCC1. The van der Waals surface area contributed by atoms with Gasteiger partial charge >= 0.3 is 0 Å². The molecule has 0 radical (unpaired) electrons. The van der Waals surface area contributed by atoms with Gasteiger partial charge in [-0.1, -0.05) is 26.2 Å². The van der Waals surface area contributed by atoms with Crippen molar-refractivity contribution >= 4 is 0 Å². The van der Waals surface area contributed by atoms with Crippen LogP contribution in [0.1, 0.15) is 52.4 Å². The van der Waals surface area contributed by atoms with Gasteiger partial charge in [0.25, 0.3) is 0 Å². The van der Waals surface area contributed by atoms with Crippen LogP contribution in [-0.2, 0) is 0 Å². The van der Waals surface area contributed by atoms with Gasteiger partial charge in [0.05, 0.1) is 6.61 Å². The molecule has 2 nitrogen and oxygen atoms in total. The Morgan fingerprint density at radius 2 is 1.92 bits per heavy atom. The molecule has 1 aliphatic rings. The van der Waals surface area contributed by atoms with Crippen molar-refractivity contribution in [2.24, 2.45) is 0 Å². The monoisotopic (exact) mass is 185 g/mol. The van der Waals surface area contributed by atoms with Gasteiger partial charge in [-0.3, -0.25) is 0 Å². The summed E-state index contributed by atoms with van der Waals surface area (Å²) in [5, 5.41) is 12.8. The van der Waals surface area contributed by atoms with E-state index in [1.807, 2.05) is 0 Å². The number of aliphatic hydroxyl groups is 1. The van der Waals surface area contributed by atoms with Gasteiger partial charge in [0.1, 0.15) is 0 Å². The van der Waals surface area contributed by atoms with Gasteiger partial charge in [-0.2, -0.15) is 0 Å². The van der Waals surface area contributed by atoms with Gasteiger partial charge in [-0.05, 0) is 26.2 Å². The molecule has 1 unspecified atom stereocenters. The van der Waals surface area contributed by atoms with E-state index in [1.54, 1.807) is 0 Å². The Balaban J connectivity index is 2.35. The molecule has 0 bridgehead atoms. The molecule has 0 spiro atoms. The predicted molar refractivity (Wildman–Crippen MR) is 55.8 cm³/mol. The van der Waals surface area contributed by atoms with E-state index in [4.69, 9.17) is 0 Å². The summed E-state index contributed by atoms with van der Waals surface area (Å²) in [4.78, 5) is 0. The predicted octanol–water partition coefficient (Wildman–Crippen LogP) is 2.07. The zero-order chi connectivity index (χ0) is 9.73. The van der Waals surface area contributed by atoms with E-state index in [0.29, 0.717) is 6.04 Å². The molecule has 0 aromatic heterocycles. The Bertz CT molecular complexity index is 137. The van der Waals surface area contributed by atoms with Gasteiger partial charge in [-0.25, -0.2) is 0 Å². The van der Waals surface area contributed by atoms with Gasteiger partial charge in [0.15, 0.2) is 0 Å². The highest BCUT2D eigenvalue weighted by Gasteiger charge is 2.25. The van der Waals surface area contributed by atoms with Crippen LogP contribution in [0.2, 0.25) is 0 Å². The molecule has 2 heteroatoms. The third kappa shape index (κ3) is 3.28. The molecule has 0 saturated heterocycles. The van der Waals surface area contributed by atoms with E-state index in [-0.39, 0.29) is 12.1 Å². The lowest BCUT2D eigenvalue weighted by Crippen LogP contribution is -2.50. The normalized spacial score (nSPS) is 24.2. The molecule has 1 fully saturated rings. The second kappa shape index (κ2) is 4.97. The molecular weight excluding hydrogens is 162 g/mol. The lowest BCUT2D eigenvalue weighted by molar-refractivity contribution is 0.147. The summed E-state index contributed by atoms with van der Waals surface area (Å²) < 4.78 is 0. The molecule has 0 amide bonds. The summed E-state index contributed by atoms with van der Waals surface area (Å²) in [6, 6.07) is 0.644. The van der Waals surface area contributed by atoms with E-state index >= 15 is 0 Å². The average Bonchev–Trinajstić information content (AvgIpc) is 2.19. The van der Waals surface area contributed by atoms with Crippen LogP contribution in [0, 0.1) is 0 Å². The van der Waals surface area contributed by atoms with E-state index in [0.717, 1.165) is 6.42 Å². The maximum Gasteiger partial charge on any atom is 0.0610 e. The summed E-state index contributed by atoms with van der Waals surface area (Å²) >= 11 is 0. The molecule has 0 aliphatic heterocycles. The molecule has 1 atom stereocenters. The summed E-state index contributed by atoms with van der Waals surface area (Å²) in [7, 11) is 0. The van der Waals surface area contributed by atoms with E-state index in [2.05, 4.69) is 19.2 Å². The number of hydrogen-bond donors (Lipinski definition) is 2. The van der Waals surface area contributed by atoms with Crippen LogP contribution in [0.5, 0.6) is 0 Å². The van der Waals surface area contributed by atoms with Crippen molar-refractivity contribution in [2.45, 2.75) is 64.0 Å². The fourth-order valence-electron chi connectivity index (χ4n) is 2.00. The molecule has 78 valence electrons. The van der Waals surface area contributed by atoms with Crippen LogP contribution >= 0.6 is 0 Å². The molecular formula is C11H23NO. The van der Waals surface area contributed by atoms with Crippen molar-refractivity contribution in [2.75, 3.05) is 6.61 Å². The van der Waals surface area contributed by atoms with Crippen molar-refractivity contribution in [3.8, 4) is 0 Å². The smallest absolute Gasteiger partial charge is 0.0610 e. The number of nitrogens with one attached hydrogen (secondary N) is 1. The summed E-state index contributed by atoms with van der Waals surface area (Å²) in [6.07, 6.45) is 7.66. The first-order valence-corrected chi connectivity index (χ1v) is 5.59. The van der Waals surface area contributed by atoms with Crippen molar-refractivity contribution < 1.29 is 5.11 Å². The molecule has 2 N–H and O–H groups in total. The quantitative estimate of drug-likeness (QED) is 0.702. The number of hydrogen-bond acceptors (Lipinski definition) is 2. The van der Waals surface area contributed by atoms with Crippen LogP contribution in [0.25, 0.3) is 0 Å². The number of rotatable bonds is 4. The zero-order valence-electron chi connectivity index (χ0n) is 8.97. The molecule has 1 saturated carbocycles. The van der Waals surface area contributed by atoms with Gasteiger partial charge in [0.2, 0.25) is 0 Å². The Kier molecular flexibility index (Phi) is 4.20. The standard InChI is InChI=1S/C11H23NO/c1-3-11(2,9-13)12-10-7-5-4-6-8-10/h10,12-13H,3-9H2,1-2H3. The Labute approximate surface area is 81.7 Å². The first-order chi connectivity index (χ1) is 6.20. The van der Waals surface area contributed by atoms with E-state index in [9.17, 15) is 5.11 Å². The first kappa shape index (κ1) is 11.0. The second-order valence-electron chi connectivity index (χ2n) is 4.55. The minimum absolute atomic E-state index is 0.0536. The third-order valence-electron chi connectivity index (χ3n) is 3.29. The molecule has 1 rings (SSSR count). The maximum atomic E-state index is 9.25. The van der Waals surface area contributed by atoms with Crippen LogP contribution in [-0.4, -0.2) is 23.3 Å². The topological polar surface area (TPSA) is 32.3 Å². The van der Waals surface area contributed by atoms with Crippen LogP contribution < -0.4 is 5.32 Å². The summed E-state index contributed by atoms with van der Waals surface area (Å²) in [5.74, 6) is 0. The minimum atomic E-state index is -0.0536. The third-order valence-corrected chi connectivity index (χ3v) is 3.29. The van der Waals surface area contributed by atoms with Crippen LogP contribution in [0.4, 0.5) is 0 Å². The highest BCUT2D eigenvalue weighted by atomic mass is 16.3. The minimum Gasteiger partial charge on any atom is -0.394 e. The van der Waals surface area contributed by atoms with Gasteiger partial charge in [-0.15, -0.1) is 0 Å². The molecule has 0 aromatic rings. The van der Waals surface area contributed by atoms with Crippen molar-refractivity contribution in [3.63, 3.8) is 0 Å². The van der Waals surface area contributed by atoms with E-state index in [1.165, 1.54) is 32.1 Å². The summed E-state index contributed by atoms with van der Waals surface area (Å²) in [6.45, 7) is 4.49. The zero-order valence-corrected chi connectivity index (χ0v) is 8.97. The van der Waals surface area contributed by atoms with Crippen molar-refractivity contribution in [1.82, 2.24) is 5.32 Å². The molecule has 0 heterocycles. The Morgan fingerprint density at radius 3 is 2.38 bits per heavy atom. The van der Waals surface area contributed by atoms with Crippen LogP contribution in [0.3, 0.4) is 0 Å². The average molecular weight is 185 g/mol. The Hall–Kier alpha value is -0.0800. The largest absolute Gasteiger partial charge is 0.394 e. The van der Waals surface area contributed by atoms with Gasteiger partial charge < -0.3 is 10.4 Å². The lowest BCUT2D eigenvalue weighted by Gasteiger charge is -2.34. The number of aliphatic hydroxyl groups excluding tert-OH is 1. The first-order valence-electron chi connectivity index (χ1n) is 5.59. The Morgan fingerprint density at radius 1 is 1.31 bits per heavy atom. The summed E-state index contributed by atoms with van der Waals surface area (Å²) in [5.41, 5.74) is -0.0536. The fraction of sp³-hybridized carbons (Fsp3) is 1.00. The van der Waals surface area contributed by atoms with Crippen LogP contribution in [0.15, 0.2) is 0 Å². The maximum absolute atomic E-state index is 9.25. The molecule has 1 aliphatic carbocycles. The fourth-order valence-corrected chi connectivity index (χ4v) is 2.00. The van der Waals surface area contributed by atoms with E-state index < -0.39 is 0 Å². The van der Waals surface area contributed by atoms with Crippen molar-refractivity contribution in [1.29, 1.82) is 0 Å². The highest BCUT2D eigenvalue weighted by Crippen LogP contribution is 2.20. The molecule has 13 heavy (non-hydrogen) atoms.